The number of rotatable bonds is 4. The fourth-order valence-corrected chi connectivity index (χ4v) is 3.70. The molecule has 3 rings (SSSR count). The van der Waals surface area contributed by atoms with Gasteiger partial charge in [-0.3, -0.25) is 9.58 Å². The lowest BCUT2D eigenvalue weighted by Gasteiger charge is -2.32. The summed E-state index contributed by atoms with van der Waals surface area (Å²) < 4.78 is 7.49. The first-order chi connectivity index (χ1) is 10.2. The van der Waals surface area contributed by atoms with E-state index in [2.05, 4.69) is 21.8 Å². The second-order valence-corrected chi connectivity index (χ2v) is 6.09. The van der Waals surface area contributed by atoms with E-state index < -0.39 is 0 Å². The van der Waals surface area contributed by atoms with Crippen molar-refractivity contribution in [3.8, 4) is 0 Å². The molecule has 1 atom stereocenters. The third kappa shape index (κ3) is 2.93. The molecule has 0 bridgehead atoms. The summed E-state index contributed by atoms with van der Waals surface area (Å²) in [5.41, 5.74) is 8.21. The number of aromatic nitrogens is 2. The molecule has 0 aliphatic carbocycles. The maximum absolute atomic E-state index is 5.77. The number of aryl methyl sites for hydroxylation is 2. The predicted octanol–water partition coefficient (Wildman–Crippen LogP) is 0.141. The van der Waals surface area contributed by atoms with E-state index in [4.69, 9.17) is 10.5 Å². The fraction of sp³-hybridized carbons (Fsp3) is 0.800. The van der Waals surface area contributed by atoms with Crippen LogP contribution in [0.15, 0.2) is 0 Å². The van der Waals surface area contributed by atoms with Crippen molar-refractivity contribution in [2.24, 2.45) is 12.8 Å². The van der Waals surface area contributed by atoms with E-state index in [0.717, 1.165) is 51.5 Å². The summed E-state index contributed by atoms with van der Waals surface area (Å²) in [6, 6.07) is 0.648. The van der Waals surface area contributed by atoms with Crippen molar-refractivity contribution in [2.45, 2.75) is 25.8 Å². The van der Waals surface area contributed by atoms with Gasteiger partial charge >= 0.3 is 0 Å². The molecule has 1 aromatic heterocycles. The quantitative estimate of drug-likeness (QED) is 0.856. The molecule has 0 radical (unpaired) electrons. The normalized spacial score (nSPS) is 24.0. The number of nitrogens with zero attached hydrogens (tertiary/aromatic N) is 4. The van der Waals surface area contributed by atoms with Gasteiger partial charge in [-0.1, -0.05) is 0 Å². The van der Waals surface area contributed by atoms with E-state index in [1.807, 2.05) is 11.7 Å². The Labute approximate surface area is 126 Å². The van der Waals surface area contributed by atoms with Crippen LogP contribution in [0.2, 0.25) is 0 Å². The average molecular weight is 293 g/mol. The summed E-state index contributed by atoms with van der Waals surface area (Å²) in [6.07, 6.45) is 2.14. The Morgan fingerprint density at radius 3 is 2.76 bits per heavy atom. The minimum atomic E-state index is 0.648. The molecule has 0 amide bonds. The number of anilines is 1. The molecule has 2 saturated heterocycles. The van der Waals surface area contributed by atoms with E-state index in [0.29, 0.717) is 12.6 Å². The third-order valence-electron chi connectivity index (χ3n) is 4.73. The monoisotopic (exact) mass is 293 g/mol. The first kappa shape index (κ1) is 14.8. The van der Waals surface area contributed by atoms with Crippen molar-refractivity contribution in [3.63, 3.8) is 0 Å². The maximum atomic E-state index is 5.77. The topological polar surface area (TPSA) is 59.5 Å². The minimum absolute atomic E-state index is 0.648. The molecule has 0 spiro atoms. The van der Waals surface area contributed by atoms with Gasteiger partial charge in [0.25, 0.3) is 0 Å². The second kappa shape index (κ2) is 6.34. The predicted molar refractivity (Wildman–Crippen MR) is 83.7 cm³/mol. The van der Waals surface area contributed by atoms with Crippen molar-refractivity contribution < 1.29 is 4.74 Å². The van der Waals surface area contributed by atoms with Crippen molar-refractivity contribution in [1.29, 1.82) is 0 Å². The van der Waals surface area contributed by atoms with Gasteiger partial charge < -0.3 is 15.4 Å². The van der Waals surface area contributed by atoms with Gasteiger partial charge in [0, 0.05) is 44.8 Å². The number of ether oxygens (including phenoxy) is 1. The summed E-state index contributed by atoms with van der Waals surface area (Å²) in [4.78, 5) is 5.07. The highest BCUT2D eigenvalue weighted by atomic mass is 16.5. The molecule has 6 nitrogen and oxygen atoms in total. The van der Waals surface area contributed by atoms with Gasteiger partial charge in [0.15, 0.2) is 0 Å². The number of nitrogens with two attached hydrogens (primary N) is 1. The van der Waals surface area contributed by atoms with Gasteiger partial charge in [0.2, 0.25) is 0 Å². The van der Waals surface area contributed by atoms with E-state index in [-0.39, 0.29) is 0 Å². The van der Waals surface area contributed by atoms with Crippen molar-refractivity contribution in [3.05, 3.63) is 11.3 Å². The molecular formula is C15H27N5O. The van der Waals surface area contributed by atoms with Crippen LogP contribution in [-0.2, 0) is 18.2 Å². The summed E-state index contributed by atoms with van der Waals surface area (Å²) in [6.45, 7) is 8.86. The molecule has 6 heteroatoms. The maximum Gasteiger partial charge on any atom is 0.130 e. The minimum Gasteiger partial charge on any atom is -0.379 e. The molecule has 2 aliphatic rings. The highest BCUT2D eigenvalue weighted by Crippen LogP contribution is 2.28. The average Bonchev–Trinajstić information content (AvgIpc) is 3.06. The summed E-state index contributed by atoms with van der Waals surface area (Å²) in [7, 11) is 2.05. The fourth-order valence-electron chi connectivity index (χ4n) is 3.70. The lowest BCUT2D eigenvalue weighted by atomic mass is 10.1. The Balaban J connectivity index is 1.73. The lowest BCUT2D eigenvalue weighted by Crippen LogP contribution is -2.44. The van der Waals surface area contributed by atoms with E-state index in [1.165, 1.54) is 17.8 Å². The van der Waals surface area contributed by atoms with Gasteiger partial charge in [-0.2, -0.15) is 5.10 Å². The van der Waals surface area contributed by atoms with Crippen molar-refractivity contribution in [1.82, 2.24) is 14.7 Å². The van der Waals surface area contributed by atoms with Crippen LogP contribution in [0.1, 0.15) is 17.7 Å². The molecule has 1 aromatic rings. The molecule has 1 unspecified atom stereocenters. The Morgan fingerprint density at radius 2 is 2.05 bits per heavy atom. The second-order valence-electron chi connectivity index (χ2n) is 6.09. The Bertz CT molecular complexity index is 481. The summed E-state index contributed by atoms with van der Waals surface area (Å²) >= 11 is 0. The molecule has 2 fully saturated rings. The van der Waals surface area contributed by atoms with Crippen molar-refractivity contribution in [2.75, 3.05) is 50.8 Å². The molecule has 2 aliphatic heterocycles. The van der Waals surface area contributed by atoms with Gasteiger partial charge in [-0.15, -0.1) is 0 Å². The number of hydrogen-bond acceptors (Lipinski definition) is 5. The van der Waals surface area contributed by atoms with Crippen LogP contribution in [0.4, 0.5) is 5.82 Å². The highest BCUT2D eigenvalue weighted by molar-refractivity contribution is 5.51. The molecule has 0 aromatic carbocycles. The van der Waals surface area contributed by atoms with E-state index >= 15 is 0 Å². The number of morpholine rings is 1. The molecule has 2 N–H and O–H groups in total. The van der Waals surface area contributed by atoms with Crippen LogP contribution in [0.25, 0.3) is 0 Å². The van der Waals surface area contributed by atoms with Crippen LogP contribution in [0, 0.1) is 6.92 Å². The molecular weight excluding hydrogens is 266 g/mol. The van der Waals surface area contributed by atoms with E-state index in [1.54, 1.807) is 0 Å². The van der Waals surface area contributed by atoms with E-state index in [9.17, 15) is 0 Å². The zero-order valence-electron chi connectivity index (χ0n) is 13.2. The van der Waals surface area contributed by atoms with Crippen LogP contribution >= 0.6 is 0 Å². The standard InChI is InChI=1S/C15H27N5O/c1-12-14(3-5-16)15(18(2)17-12)20-6-4-13(11-20)19-7-9-21-10-8-19/h13H,3-11,16H2,1-2H3. The summed E-state index contributed by atoms with van der Waals surface area (Å²) in [5.74, 6) is 1.27. The molecule has 118 valence electrons. The molecule has 3 heterocycles. The smallest absolute Gasteiger partial charge is 0.130 e. The Kier molecular flexibility index (Phi) is 4.47. The Hall–Kier alpha value is -1.11. The highest BCUT2D eigenvalue weighted by Gasteiger charge is 2.31. The van der Waals surface area contributed by atoms with Crippen LogP contribution in [0.5, 0.6) is 0 Å². The van der Waals surface area contributed by atoms with Crippen LogP contribution in [-0.4, -0.2) is 66.7 Å². The van der Waals surface area contributed by atoms with Crippen molar-refractivity contribution >= 4 is 5.82 Å². The Morgan fingerprint density at radius 1 is 1.29 bits per heavy atom. The van der Waals surface area contributed by atoms with Crippen LogP contribution in [0.3, 0.4) is 0 Å². The zero-order valence-corrected chi connectivity index (χ0v) is 13.2. The van der Waals surface area contributed by atoms with Gasteiger partial charge in [0.1, 0.15) is 5.82 Å². The van der Waals surface area contributed by atoms with Gasteiger partial charge in [-0.25, -0.2) is 0 Å². The SMILES string of the molecule is Cc1nn(C)c(N2CCC(N3CCOCC3)C2)c1CCN. The first-order valence-corrected chi connectivity index (χ1v) is 8.00. The molecule has 0 saturated carbocycles. The molecule has 21 heavy (non-hydrogen) atoms. The van der Waals surface area contributed by atoms with Gasteiger partial charge in [0.05, 0.1) is 18.9 Å². The number of hydrogen-bond donors (Lipinski definition) is 1. The largest absolute Gasteiger partial charge is 0.379 e. The van der Waals surface area contributed by atoms with Gasteiger partial charge in [-0.05, 0) is 26.3 Å². The lowest BCUT2D eigenvalue weighted by molar-refractivity contribution is 0.0209. The zero-order chi connectivity index (χ0) is 14.8. The first-order valence-electron chi connectivity index (χ1n) is 8.00. The summed E-state index contributed by atoms with van der Waals surface area (Å²) in [5, 5.41) is 4.60. The van der Waals surface area contributed by atoms with Crippen LogP contribution < -0.4 is 10.6 Å². The third-order valence-corrected chi connectivity index (χ3v) is 4.73.